The quantitative estimate of drug-likeness (QED) is 0.883. The molecule has 1 aromatic carbocycles. The van der Waals surface area contributed by atoms with Gasteiger partial charge in [0, 0.05) is 16.7 Å². The van der Waals surface area contributed by atoms with Crippen LogP contribution in [-0.2, 0) is 9.84 Å². The molecule has 0 aromatic heterocycles. The van der Waals surface area contributed by atoms with Gasteiger partial charge in [-0.15, -0.1) is 0 Å². The molecular weight excluding hydrogens is 304 g/mol. The van der Waals surface area contributed by atoms with E-state index in [1.807, 2.05) is 24.3 Å². The van der Waals surface area contributed by atoms with E-state index in [-0.39, 0.29) is 11.5 Å². The van der Waals surface area contributed by atoms with E-state index < -0.39 is 15.4 Å². The van der Waals surface area contributed by atoms with Gasteiger partial charge in [0.05, 0.1) is 17.0 Å². The zero-order chi connectivity index (χ0) is 12.5. The Hall–Kier alpha value is -0.590. The van der Waals surface area contributed by atoms with Crippen LogP contribution in [0.15, 0.2) is 28.7 Å². The summed E-state index contributed by atoms with van der Waals surface area (Å²) in [5.41, 5.74) is 6.12. The van der Waals surface area contributed by atoms with Gasteiger partial charge in [0.2, 0.25) is 0 Å². The second-order valence-corrected chi connectivity index (χ2v) is 7.56. The van der Waals surface area contributed by atoms with Gasteiger partial charge in [0.25, 0.3) is 0 Å². The first kappa shape index (κ1) is 12.9. The molecule has 0 aliphatic carbocycles. The molecule has 1 aliphatic rings. The summed E-state index contributed by atoms with van der Waals surface area (Å²) >= 11 is 3.36. The van der Waals surface area contributed by atoms with Crippen molar-refractivity contribution in [2.24, 2.45) is 5.73 Å². The summed E-state index contributed by atoms with van der Waals surface area (Å²) in [4.78, 5) is 0. The lowest BCUT2D eigenvalue weighted by atomic mass is 9.99. The van der Waals surface area contributed by atoms with Crippen LogP contribution in [0, 0.1) is 0 Å². The van der Waals surface area contributed by atoms with Crippen LogP contribution in [0.1, 0.15) is 6.42 Å². The Morgan fingerprint density at radius 3 is 2.47 bits per heavy atom. The summed E-state index contributed by atoms with van der Waals surface area (Å²) in [5.74, 6) is 0.334. The molecule has 1 heterocycles. The lowest BCUT2D eigenvalue weighted by molar-refractivity contribution is 0.534. The SMILES string of the molecule is NCC1(Nc2ccc(Br)cc2)CCS(=O)(=O)C1. The molecule has 4 nitrogen and oxygen atoms in total. The molecule has 1 fully saturated rings. The maximum absolute atomic E-state index is 11.5. The van der Waals surface area contributed by atoms with Gasteiger partial charge in [-0.3, -0.25) is 0 Å². The largest absolute Gasteiger partial charge is 0.377 e. The topological polar surface area (TPSA) is 72.2 Å². The van der Waals surface area contributed by atoms with Crippen molar-refractivity contribution >= 4 is 31.5 Å². The second-order valence-electron chi connectivity index (χ2n) is 4.46. The Kier molecular flexibility index (Phi) is 3.47. The molecule has 3 N–H and O–H groups in total. The molecule has 1 aromatic rings. The normalized spacial score (nSPS) is 26.9. The van der Waals surface area contributed by atoms with Crippen molar-refractivity contribution in [3.63, 3.8) is 0 Å². The third-order valence-corrected chi connectivity index (χ3v) is 5.38. The van der Waals surface area contributed by atoms with Gasteiger partial charge in [-0.2, -0.15) is 0 Å². The molecule has 1 aliphatic heterocycles. The van der Waals surface area contributed by atoms with Crippen molar-refractivity contribution in [2.75, 3.05) is 23.4 Å². The van der Waals surface area contributed by atoms with E-state index >= 15 is 0 Å². The van der Waals surface area contributed by atoms with Gasteiger partial charge in [0.15, 0.2) is 9.84 Å². The number of halogens is 1. The molecule has 0 saturated carbocycles. The first-order valence-electron chi connectivity index (χ1n) is 5.39. The number of anilines is 1. The number of rotatable bonds is 3. The fourth-order valence-electron chi connectivity index (χ4n) is 2.07. The molecule has 0 amide bonds. The number of hydrogen-bond donors (Lipinski definition) is 2. The van der Waals surface area contributed by atoms with Crippen molar-refractivity contribution in [1.82, 2.24) is 0 Å². The third-order valence-electron chi connectivity index (χ3n) is 3.03. The number of benzene rings is 1. The Morgan fingerprint density at radius 1 is 1.35 bits per heavy atom. The molecule has 2 rings (SSSR count). The van der Waals surface area contributed by atoms with Gasteiger partial charge in [0.1, 0.15) is 0 Å². The number of sulfone groups is 1. The number of nitrogens with one attached hydrogen (secondary N) is 1. The average molecular weight is 319 g/mol. The van der Waals surface area contributed by atoms with Crippen molar-refractivity contribution in [3.05, 3.63) is 28.7 Å². The summed E-state index contributed by atoms with van der Waals surface area (Å²) in [7, 11) is -2.95. The molecule has 6 heteroatoms. The van der Waals surface area contributed by atoms with Crippen LogP contribution in [0.3, 0.4) is 0 Å². The Labute approximate surface area is 110 Å². The van der Waals surface area contributed by atoms with Crippen molar-refractivity contribution in [3.8, 4) is 0 Å². The van der Waals surface area contributed by atoms with Crippen molar-refractivity contribution < 1.29 is 8.42 Å². The minimum atomic E-state index is -2.95. The van der Waals surface area contributed by atoms with Crippen LogP contribution in [0.4, 0.5) is 5.69 Å². The van der Waals surface area contributed by atoms with Crippen LogP contribution >= 0.6 is 15.9 Å². The summed E-state index contributed by atoms with van der Waals surface area (Å²) < 4.78 is 24.1. The van der Waals surface area contributed by atoms with E-state index in [9.17, 15) is 8.42 Å². The van der Waals surface area contributed by atoms with E-state index in [4.69, 9.17) is 5.73 Å². The molecule has 1 unspecified atom stereocenters. The molecular formula is C11H15BrN2O2S. The monoisotopic (exact) mass is 318 g/mol. The molecule has 1 saturated heterocycles. The van der Waals surface area contributed by atoms with Crippen LogP contribution < -0.4 is 11.1 Å². The fraction of sp³-hybridized carbons (Fsp3) is 0.455. The van der Waals surface area contributed by atoms with Gasteiger partial charge < -0.3 is 11.1 Å². The van der Waals surface area contributed by atoms with Crippen molar-refractivity contribution in [1.29, 1.82) is 0 Å². The summed E-state index contributed by atoms with van der Waals surface area (Å²) in [6.45, 7) is 0.322. The molecule has 0 bridgehead atoms. The van der Waals surface area contributed by atoms with Crippen LogP contribution in [-0.4, -0.2) is 32.0 Å². The molecule has 94 valence electrons. The highest BCUT2D eigenvalue weighted by atomic mass is 79.9. The second kappa shape index (κ2) is 4.59. The van der Waals surface area contributed by atoms with Crippen LogP contribution in [0.2, 0.25) is 0 Å². The van der Waals surface area contributed by atoms with E-state index in [1.165, 1.54) is 0 Å². The number of nitrogens with two attached hydrogens (primary N) is 1. The van der Waals surface area contributed by atoms with Gasteiger partial charge in [-0.25, -0.2) is 8.42 Å². The van der Waals surface area contributed by atoms with E-state index in [0.29, 0.717) is 13.0 Å². The van der Waals surface area contributed by atoms with Crippen molar-refractivity contribution in [2.45, 2.75) is 12.0 Å². The smallest absolute Gasteiger partial charge is 0.152 e. The third kappa shape index (κ3) is 3.00. The lowest BCUT2D eigenvalue weighted by Gasteiger charge is -2.28. The predicted octanol–water partition coefficient (Wildman–Crippen LogP) is 1.38. The van der Waals surface area contributed by atoms with E-state index in [1.54, 1.807) is 0 Å². The minimum Gasteiger partial charge on any atom is -0.377 e. The highest BCUT2D eigenvalue weighted by Gasteiger charge is 2.41. The van der Waals surface area contributed by atoms with Gasteiger partial charge in [-0.05, 0) is 30.7 Å². The maximum atomic E-state index is 11.5. The average Bonchev–Trinajstić information content (AvgIpc) is 2.59. The first-order valence-corrected chi connectivity index (χ1v) is 8.00. The highest BCUT2D eigenvalue weighted by molar-refractivity contribution is 9.10. The summed E-state index contributed by atoms with van der Waals surface area (Å²) in [6, 6.07) is 7.64. The summed E-state index contributed by atoms with van der Waals surface area (Å²) in [5, 5.41) is 3.26. The molecule has 17 heavy (non-hydrogen) atoms. The zero-order valence-electron chi connectivity index (χ0n) is 9.32. The Bertz CT molecular complexity index is 501. The zero-order valence-corrected chi connectivity index (χ0v) is 11.7. The van der Waals surface area contributed by atoms with Crippen LogP contribution in [0.5, 0.6) is 0 Å². The molecule has 1 atom stereocenters. The van der Waals surface area contributed by atoms with Gasteiger partial charge in [-0.1, -0.05) is 15.9 Å². The Morgan fingerprint density at radius 2 is 2.00 bits per heavy atom. The summed E-state index contributed by atoms with van der Waals surface area (Å²) in [6.07, 6.45) is 0.571. The minimum absolute atomic E-state index is 0.118. The fourth-order valence-corrected chi connectivity index (χ4v) is 4.35. The van der Waals surface area contributed by atoms with E-state index in [0.717, 1.165) is 10.2 Å². The predicted molar refractivity (Wildman–Crippen MR) is 72.8 cm³/mol. The molecule has 0 radical (unpaired) electrons. The number of hydrogen-bond acceptors (Lipinski definition) is 4. The standard InChI is InChI=1S/C11H15BrN2O2S/c12-9-1-3-10(4-2-9)14-11(7-13)5-6-17(15,16)8-11/h1-4,14H,5-8,13H2. The van der Waals surface area contributed by atoms with E-state index in [2.05, 4.69) is 21.2 Å². The van der Waals surface area contributed by atoms with Gasteiger partial charge >= 0.3 is 0 Å². The Balaban J connectivity index is 2.18. The molecule has 0 spiro atoms. The maximum Gasteiger partial charge on any atom is 0.152 e. The first-order chi connectivity index (χ1) is 7.95. The lowest BCUT2D eigenvalue weighted by Crippen LogP contribution is -2.46. The van der Waals surface area contributed by atoms with Crippen LogP contribution in [0.25, 0.3) is 0 Å². The highest BCUT2D eigenvalue weighted by Crippen LogP contribution is 2.27.